The monoisotopic (exact) mass is 589 g/mol. The summed E-state index contributed by atoms with van der Waals surface area (Å²) in [5, 5.41) is 22.4. The van der Waals surface area contributed by atoms with Gasteiger partial charge >= 0.3 is 6.36 Å². The first-order chi connectivity index (χ1) is 20.0. The van der Waals surface area contributed by atoms with Crippen LogP contribution in [0.1, 0.15) is 45.2 Å². The smallest absolute Gasteiger partial charge is 0.406 e. The summed E-state index contributed by atoms with van der Waals surface area (Å²) in [6.07, 6.45) is -1.75. The van der Waals surface area contributed by atoms with E-state index in [9.17, 15) is 23.4 Å². The van der Waals surface area contributed by atoms with E-state index in [1.54, 1.807) is 16.8 Å². The lowest BCUT2D eigenvalue weighted by atomic mass is 9.76. The Labute approximate surface area is 239 Å². The molecule has 1 aliphatic heterocycles. The van der Waals surface area contributed by atoms with E-state index in [0.29, 0.717) is 52.8 Å². The van der Waals surface area contributed by atoms with Crippen LogP contribution < -0.4 is 10.5 Å². The van der Waals surface area contributed by atoms with E-state index in [4.69, 9.17) is 10.5 Å². The molecule has 0 radical (unpaired) electrons. The van der Waals surface area contributed by atoms with Crippen LogP contribution in [0.2, 0.25) is 0 Å². The van der Waals surface area contributed by atoms with Gasteiger partial charge in [0, 0.05) is 37.3 Å². The number of hydrogen-bond donors (Lipinski definition) is 4. The van der Waals surface area contributed by atoms with Gasteiger partial charge in [0.2, 0.25) is 0 Å². The number of ether oxygens (including phenoxy) is 2. The van der Waals surface area contributed by atoms with Gasteiger partial charge in [0.15, 0.2) is 6.23 Å². The van der Waals surface area contributed by atoms with E-state index in [1.165, 1.54) is 24.5 Å². The van der Waals surface area contributed by atoms with Crippen molar-refractivity contribution in [2.24, 2.45) is 5.92 Å². The molecule has 1 aromatic carbocycles. The average molecular weight is 590 g/mol. The van der Waals surface area contributed by atoms with Crippen LogP contribution >= 0.6 is 0 Å². The number of alkyl halides is 3. The molecule has 0 spiro atoms. The van der Waals surface area contributed by atoms with Gasteiger partial charge in [0.05, 0.1) is 16.4 Å². The second-order valence-corrected chi connectivity index (χ2v) is 11.5. The largest absolute Gasteiger partial charge is 0.573 e. The molecule has 0 amide bonds. The van der Waals surface area contributed by atoms with E-state index < -0.39 is 30.9 Å². The third-order valence-electron chi connectivity index (χ3n) is 8.41. The molecule has 4 aromatic rings. The third kappa shape index (κ3) is 5.63. The summed E-state index contributed by atoms with van der Waals surface area (Å²) in [5.74, 6) is 1.25. The number of aliphatic hydroxyl groups is 2. The number of fused-ring (bicyclic) bond motifs is 2. The summed E-state index contributed by atoms with van der Waals surface area (Å²) in [4.78, 5) is 18.2. The molecule has 14 heteroatoms. The van der Waals surface area contributed by atoms with E-state index in [2.05, 4.69) is 43.4 Å². The van der Waals surface area contributed by atoms with Crippen molar-refractivity contribution in [3.8, 4) is 5.75 Å². The van der Waals surface area contributed by atoms with Gasteiger partial charge < -0.3 is 35.0 Å². The number of benzene rings is 1. The first-order valence-corrected chi connectivity index (χ1v) is 14.1. The van der Waals surface area contributed by atoms with Gasteiger partial charge in [-0.15, -0.1) is 13.2 Å². The van der Waals surface area contributed by atoms with Crippen molar-refractivity contribution in [2.45, 2.75) is 82.5 Å². The van der Waals surface area contributed by atoms with Crippen molar-refractivity contribution in [1.29, 1.82) is 0 Å². The first kappa shape index (κ1) is 28.6. The fourth-order valence-corrected chi connectivity index (χ4v) is 6.20. The topological polar surface area (TPSA) is 148 Å². The van der Waals surface area contributed by atoms with Crippen LogP contribution in [0.15, 0.2) is 36.8 Å². The first-order valence-electron chi connectivity index (χ1n) is 14.1. The zero-order chi connectivity index (χ0) is 29.8. The summed E-state index contributed by atoms with van der Waals surface area (Å²) < 4.78 is 49.5. The molecule has 1 saturated heterocycles. The van der Waals surface area contributed by atoms with Gasteiger partial charge in [-0.25, -0.2) is 15.0 Å². The number of hydrogen-bond acceptors (Lipinski definition) is 9. The minimum atomic E-state index is -4.74. The molecule has 5 N–H and O–H groups in total. The summed E-state index contributed by atoms with van der Waals surface area (Å²) in [6, 6.07) is 6.35. The Morgan fingerprint density at radius 2 is 1.98 bits per heavy atom. The molecule has 0 bridgehead atoms. The number of H-pyrrole nitrogens is 1. The van der Waals surface area contributed by atoms with Crippen molar-refractivity contribution < 1.29 is 32.9 Å². The Hall–Kier alpha value is -3.46. The molecule has 42 heavy (non-hydrogen) atoms. The second kappa shape index (κ2) is 11.0. The van der Waals surface area contributed by atoms with E-state index in [1.807, 2.05) is 0 Å². The van der Waals surface area contributed by atoms with Crippen molar-refractivity contribution in [3.63, 3.8) is 0 Å². The number of aliphatic hydroxyl groups excluding tert-OH is 2. The highest BCUT2D eigenvalue weighted by Gasteiger charge is 2.46. The van der Waals surface area contributed by atoms with Crippen LogP contribution in [0.3, 0.4) is 0 Å². The van der Waals surface area contributed by atoms with Gasteiger partial charge in [-0.3, -0.25) is 4.90 Å². The maximum Gasteiger partial charge on any atom is 0.573 e. The average Bonchev–Trinajstić information content (AvgIpc) is 3.58. The van der Waals surface area contributed by atoms with Gasteiger partial charge in [-0.2, -0.15) is 0 Å². The number of aromatic nitrogens is 5. The number of aromatic amines is 1. The molecule has 0 unspecified atom stereocenters. The van der Waals surface area contributed by atoms with Crippen molar-refractivity contribution in [3.05, 3.63) is 42.6 Å². The third-order valence-corrected chi connectivity index (χ3v) is 8.41. The minimum absolute atomic E-state index is 0.200. The molecule has 2 aliphatic rings. The zero-order valence-corrected chi connectivity index (χ0v) is 23.2. The number of anilines is 1. The normalized spacial score (nSPS) is 26.5. The van der Waals surface area contributed by atoms with Crippen LogP contribution in [-0.2, 0) is 11.2 Å². The Kier molecular flexibility index (Phi) is 7.50. The highest BCUT2D eigenvalue weighted by atomic mass is 19.4. The van der Waals surface area contributed by atoms with Gasteiger partial charge in [-0.05, 0) is 57.2 Å². The number of nitrogen functional groups attached to an aromatic ring is 1. The van der Waals surface area contributed by atoms with Gasteiger partial charge in [-0.1, -0.05) is 0 Å². The van der Waals surface area contributed by atoms with E-state index in [0.717, 1.165) is 25.1 Å². The maximum absolute atomic E-state index is 12.5. The van der Waals surface area contributed by atoms with Crippen molar-refractivity contribution in [1.82, 2.24) is 29.4 Å². The Morgan fingerprint density at radius 3 is 2.71 bits per heavy atom. The quantitative estimate of drug-likeness (QED) is 0.230. The van der Waals surface area contributed by atoms with Crippen molar-refractivity contribution >= 4 is 27.9 Å². The molecule has 1 saturated carbocycles. The Bertz CT molecular complexity index is 1550. The highest BCUT2D eigenvalue weighted by Crippen LogP contribution is 2.39. The van der Waals surface area contributed by atoms with Crippen LogP contribution in [-0.4, -0.2) is 82.9 Å². The number of imidazole rings is 1. The predicted molar refractivity (Wildman–Crippen MR) is 147 cm³/mol. The lowest BCUT2D eigenvalue weighted by Crippen LogP contribution is -2.52. The molecular weight excluding hydrogens is 555 g/mol. The molecule has 4 atom stereocenters. The lowest BCUT2D eigenvalue weighted by molar-refractivity contribution is -0.274. The van der Waals surface area contributed by atoms with E-state index >= 15 is 0 Å². The number of nitrogens with zero attached hydrogens (tertiary/aromatic N) is 5. The highest BCUT2D eigenvalue weighted by molar-refractivity contribution is 5.86. The number of halogens is 3. The summed E-state index contributed by atoms with van der Waals surface area (Å²) >= 11 is 0. The number of nitrogens with one attached hydrogen (secondary N) is 1. The maximum atomic E-state index is 12.5. The summed E-state index contributed by atoms with van der Waals surface area (Å²) in [5.41, 5.74) is 7.58. The molecule has 1 aliphatic carbocycles. The standard InChI is InChI=1S/C28H34F3N7O4/c1-14(2)38(12-21-23(39)24(40)27(41-21)37-8-7-18-25(32)33-13-34-26(18)37)16-9-15(10-16)3-6-22-35-19-5-4-17(11-20(19)36-22)42-28(29,30)31/h4-5,7-8,11,13-16,21,23-24,27,39-40H,3,6,9-10,12H2,1-2H3,(H,35,36)(H2,32,33,34)/t15?,16?,21-,23+,24+,27-/m1/s1. The fraction of sp³-hybridized carbons (Fsp3) is 0.536. The molecule has 2 fully saturated rings. The molecule has 11 nitrogen and oxygen atoms in total. The fourth-order valence-electron chi connectivity index (χ4n) is 6.20. The van der Waals surface area contributed by atoms with Crippen molar-refractivity contribution in [2.75, 3.05) is 12.3 Å². The van der Waals surface area contributed by atoms with Gasteiger partial charge in [0.25, 0.3) is 0 Å². The lowest BCUT2D eigenvalue weighted by Gasteiger charge is -2.46. The SMILES string of the molecule is CC(C)N(C[C@H]1O[C@@H](n2ccc3c(N)ncnc32)[C@@H](O)[C@H]1O)C1CC(CCc2nc3ccc(OC(F)(F)F)cc3[nH]2)C1. The zero-order valence-electron chi connectivity index (χ0n) is 23.2. The minimum Gasteiger partial charge on any atom is -0.406 e. The van der Waals surface area contributed by atoms with E-state index in [-0.39, 0.29) is 11.8 Å². The Balaban J connectivity index is 1.04. The summed E-state index contributed by atoms with van der Waals surface area (Å²) in [7, 11) is 0. The van der Waals surface area contributed by atoms with Gasteiger partial charge in [0.1, 0.15) is 47.7 Å². The summed E-state index contributed by atoms with van der Waals surface area (Å²) in [6.45, 7) is 4.67. The molecule has 3 aromatic heterocycles. The van der Waals surface area contributed by atoms with Crippen LogP contribution in [0.25, 0.3) is 22.1 Å². The molecule has 226 valence electrons. The molecule has 4 heterocycles. The Morgan fingerprint density at radius 1 is 1.19 bits per heavy atom. The molecular formula is C28H34F3N7O4. The number of rotatable bonds is 9. The number of nitrogens with two attached hydrogens (primary N) is 1. The van der Waals surface area contributed by atoms with Crippen LogP contribution in [0.4, 0.5) is 19.0 Å². The number of aryl methyl sites for hydroxylation is 1. The molecule has 6 rings (SSSR count). The predicted octanol–water partition coefficient (Wildman–Crippen LogP) is 3.53. The second-order valence-electron chi connectivity index (χ2n) is 11.5. The van der Waals surface area contributed by atoms with Crippen LogP contribution in [0.5, 0.6) is 5.75 Å². The van der Waals surface area contributed by atoms with Crippen LogP contribution in [0, 0.1) is 5.92 Å².